The smallest absolute Gasteiger partial charge is 0.296 e. The number of halogens is 1. The molecule has 24 heavy (non-hydrogen) atoms. The summed E-state index contributed by atoms with van der Waals surface area (Å²) in [6.07, 6.45) is 3.45. The second kappa shape index (κ2) is 6.12. The molecule has 1 amide bonds. The van der Waals surface area contributed by atoms with Gasteiger partial charge < -0.3 is 5.32 Å². The molecule has 0 radical (unpaired) electrons. The van der Waals surface area contributed by atoms with Gasteiger partial charge in [-0.2, -0.15) is 5.10 Å². The third-order valence-electron chi connectivity index (χ3n) is 4.29. The zero-order valence-corrected chi connectivity index (χ0v) is 14.1. The van der Waals surface area contributed by atoms with Gasteiger partial charge in [0.25, 0.3) is 5.91 Å². The van der Waals surface area contributed by atoms with Gasteiger partial charge >= 0.3 is 0 Å². The number of nitrogens with one attached hydrogen (secondary N) is 1. The number of amides is 1. The highest BCUT2D eigenvalue weighted by Gasteiger charge is 2.35. The third kappa shape index (κ3) is 3.18. The maximum atomic E-state index is 13.2. The fraction of sp³-hybridized carbons (Fsp3) is 0.368. The van der Waals surface area contributed by atoms with Gasteiger partial charge in [0.1, 0.15) is 5.82 Å². The molecule has 5 heteroatoms. The first-order valence-electron chi connectivity index (χ1n) is 7.95. The van der Waals surface area contributed by atoms with Crippen molar-refractivity contribution < 1.29 is 9.18 Å². The summed E-state index contributed by atoms with van der Waals surface area (Å²) in [4.78, 5) is 11.9. The largest absolute Gasteiger partial charge is 0.338 e. The van der Waals surface area contributed by atoms with Crippen LogP contribution in [0.1, 0.15) is 44.5 Å². The van der Waals surface area contributed by atoms with E-state index in [0.29, 0.717) is 0 Å². The molecule has 1 aliphatic carbocycles. The molecule has 0 aliphatic heterocycles. The van der Waals surface area contributed by atoms with Gasteiger partial charge in [-0.3, -0.25) is 4.79 Å². The summed E-state index contributed by atoms with van der Waals surface area (Å²) in [7, 11) is 0. The minimum absolute atomic E-state index is 0.0163. The second-order valence-electron chi connectivity index (χ2n) is 6.88. The van der Waals surface area contributed by atoms with E-state index in [2.05, 4.69) is 36.1 Å². The van der Waals surface area contributed by atoms with Gasteiger partial charge in [-0.1, -0.05) is 19.8 Å². The van der Waals surface area contributed by atoms with Gasteiger partial charge in [0, 0.05) is 5.56 Å². The van der Waals surface area contributed by atoms with Gasteiger partial charge in [0.05, 0.1) is 23.6 Å². The molecule has 1 N–H and O–H groups in total. The molecule has 1 aromatic carbocycles. The summed E-state index contributed by atoms with van der Waals surface area (Å²) in [5, 5.41) is 7.45. The zero-order valence-electron chi connectivity index (χ0n) is 14.1. The van der Waals surface area contributed by atoms with Crippen molar-refractivity contribution in [3.05, 3.63) is 47.5 Å². The van der Waals surface area contributed by atoms with Crippen LogP contribution in [0.5, 0.6) is 0 Å². The number of carbonyl (C=O) groups is 1. The van der Waals surface area contributed by atoms with Crippen molar-refractivity contribution in [2.75, 3.05) is 0 Å². The molecular formula is C19H20FN3O. The highest BCUT2D eigenvalue weighted by Crippen LogP contribution is 2.41. The van der Waals surface area contributed by atoms with E-state index in [-0.39, 0.29) is 23.2 Å². The summed E-state index contributed by atoms with van der Waals surface area (Å²) in [6.45, 7) is 5.98. The molecule has 1 aliphatic rings. The lowest BCUT2D eigenvalue weighted by Crippen LogP contribution is -2.36. The number of aromatic nitrogens is 2. The van der Waals surface area contributed by atoms with Crippen molar-refractivity contribution in [3.8, 4) is 17.5 Å². The first kappa shape index (κ1) is 16.3. The molecule has 2 aromatic rings. The molecule has 0 saturated heterocycles. The van der Waals surface area contributed by atoms with Gasteiger partial charge in [-0.15, -0.1) is 0 Å². The van der Waals surface area contributed by atoms with E-state index in [1.165, 1.54) is 12.1 Å². The average Bonchev–Trinajstić information content (AvgIpc) is 2.90. The Kier molecular flexibility index (Phi) is 4.15. The lowest BCUT2D eigenvalue weighted by molar-refractivity contribution is -0.116. The van der Waals surface area contributed by atoms with Crippen LogP contribution in [0.25, 0.3) is 5.69 Å². The van der Waals surface area contributed by atoms with Gasteiger partial charge in [0.2, 0.25) is 0 Å². The van der Waals surface area contributed by atoms with Crippen LogP contribution in [0, 0.1) is 23.1 Å². The van der Waals surface area contributed by atoms with Crippen LogP contribution >= 0.6 is 0 Å². The molecule has 0 fully saturated rings. The van der Waals surface area contributed by atoms with Gasteiger partial charge in [-0.05, 0) is 55.4 Å². The molecule has 1 atom stereocenters. The number of hydrogen-bond acceptors (Lipinski definition) is 2. The summed E-state index contributed by atoms with van der Waals surface area (Å²) in [5.74, 6) is 4.59. The summed E-state index contributed by atoms with van der Waals surface area (Å²) in [6, 6.07) is 6.15. The number of benzene rings is 1. The monoisotopic (exact) mass is 325 g/mol. The highest BCUT2D eigenvalue weighted by atomic mass is 19.1. The van der Waals surface area contributed by atoms with Crippen molar-refractivity contribution in [1.29, 1.82) is 0 Å². The van der Waals surface area contributed by atoms with Crippen LogP contribution in [-0.2, 0) is 11.2 Å². The molecule has 4 nitrogen and oxygen atoms in total. The van der Waals surface area contributed by atoms with Crippen LogP contribution in [0.3, 0.4) is 0 Å². The molecular weight excluding hydrogens is 305 g/mol. The minimum atomic E-state index is -0.277. The SMILES string of the molecule is CC#CC(=O)NC1CC(C)(C)Cc2c1cnn2-c1ccc(F)cc1. The van der Waals surface area contributed by atoms with Crippen LogP contribution in [0.15, 0.2) is 30.5 Å². The van der Waals surface area contributed by atoms with E-state index < -0.39 is 0 Å². The number of hydrogen-bond donors (Lipinski definition) is 1. The van der Waals surface area contributed by atoms with Crippen molar-refractivity contribution >= 4 is 5.91 Å². The van der Waals surface area contributed by atoms with E-state index in [1.807, 2.05) is 4.68 Å². The molecule has 0 saturated carbocycles. The second-order valence-corrected chi connectivity index (χ2v) is 6.88. The highest BCUT2D eigenvalue weighted by molar-refractivity contribution is 5.93. The lowest BCUT2D eigenvalue weighted by Gasteiger charge is -2.35. The zero-order chi connectivity index (χ0) is 17.3. The third-order valence-corrected chi connectivity index (χ3v) is 4.29. The van der Waals surface area contributed by atoms with Crippen molar-refractivity contribution in [2.45, 2.75) is 39.7 Å². The number of nitrogens with zero attached hydrogens (tertiary/aromatic N) is 2. The number of fused-ring (bicyclic) bond motifs is 1. The number of rotatable bonds is 2. The molecule has 1 unspecified atom stereocenters. The van der Waals surface area contributed by atoms with E-state index >= 15 is 0 Å². The maximum absolute atomic E-state index is 13.2. The van der Waals surface area contributed by atoms with E-state index in [1.54, 1.807) is 25.3 Å². The van der Waals surface area contributed by atoms with Crippen molar-refractivity contribution in [2.24, 2.45) is 5.41 Å². The molecule has 1 aromatic heterocycles. The Morgan fingerprint density at radius 3 is 2.75 bits per heavy atom. The number of carbonyl (C=O) groups excluding carboxylic acids is 1. The Morgan fingerprint density at radius 1 is 1.38 bits per heavy atom. The standard InChI is InChI=1S/C19H20FN3O/c1-4-5-18(24)22-16-10-19(2,3)11-17-15(16)12-21-23(17)14-8-6-13(20)7-9-14/h6-9,12,16H,10-11H2,1-3H3,(H,22,24). The van der Waals surface area contributed by atoms with Crippen LogP contribution in [-0.4, -0.2) is 15.7 Å². The minimum Gasteiger partial charge on any atom is -0.338 e. The first-order valence-corrected chi connectivity index (χ1v) is 7.95. The average molecular weight is 325 g/mol. The fourth-order valence-electron chi connectivity index (χ4n) is 3.28. The summed E-state index contributed by atoms with van der Waals surface area (Å²) < 4.78 is 15.0. The molecule has 0 bridgehead atoms. The Labute approximate surface area is 141 Å². The van der Waals surface area contributed by atoms with Gasteiger partial charge in [0.15, 0.2) is 0 Å². The molecule has 0 spiro atoms. The Hall–Kier alpha value is -2.61. The Balaban J connectivity index is 2.00. The summed E-state index contributed by atoms with van der Waals surface area (Å²) >= 11 is 0. The quantitative estimate of drug-likeness (QED) is 0.862. The first-order chi connectivity index (χ1) is 11.4. The lowest BCUT2D eigenvalue weighted by atomic mass is 9.74. The Bertz CT molecular complexity index is 825. The predicted octanol–water partition coefficient (Wildman–Crippen LogP) is 3.16. The van der Waals surface area contributed by atoms with Crippen LogP contribution in [0.2, 0.25) is 0 Å². The van der Waals surface area contributed by atoms with Gasteiger partial charge in [-0.25, -0.2) is 9.07 Å². The van der Waals surface area contributed by atoms with Crippen LogP contribution < -0.4 is 5.32 Å². The molecule has 3 rings (SSSR count). The molecule has 1 heterocycles. The normalized spacial score (nSPS) is 18.2. The van der Waals surface area contributed by atoms with Crippen molar-refractivity contribution in [3.63, 3.8) is 0 Å². The Morgan fingerprint density at radius 2 is 2.08 bits per heavy atom. The summed E-state index contributed by atoms with van der Waals surface area (Å²) in [5.41, 5.74) is 2.88. The topological polar surface area (TPSA) is 46.9 Å². The van der Waals surface area contributed by atoms with E-state index in [9.17, 15) is 9.18 Å². The molecule has 124 valence electrons. The van der Waals surface area contributed by atoms with Crippen molar-refractivity contribution in [1.82, 2.24) is 15.1 Å². The fourth-order valence-corrected chi connectivity index (χ4v) is 3.28. The maximum Gasteiger partial charge on any atom is 0.296 e. The van der Waals surface area contributed by atoms with E-state index in [0.717, 1.165) is 29.8 Å². The predicted molar refractivity (Wildman–Crippen MR) is 90.0 cm³/mol. The van der Waals surface area contributed by atoms with E-state index in [4.69, 9.17) is 0 Å². The van der Waals surface area contributed by atoms with Crippen LogP contribution in [0.4, 0.5) is 4.39 Å².